The van der Waals surface area contributed by atoms with Crippen molar-refractivity contribution in [3.63, 3.8) is 0 Å². The maximum atomic E-state index is 10.3. The monoisotopic (exact) mass is 243 g/mol. The molecule has 0 radical (unpaired) electrons. The standard InChI is InChI=1S/C5H9NO3S.O.Zn/c1-3(7)6-4(2-10)5(8)9;;/h4,10H,2H2,1H3,(H,6,7)(H,8,9);;/q;-2;+2. The first kappa shape index (κ1) is 17.8. The molecule has 0 aromatic carbocycles. The van der Waals surface area contributed by atoms with Gasteiger partial charge < -0.3 is 15.9 Å². The van der Waals surface area contributed by atoms with Gasteiger partial charge in [0.1, 0.15) is 6.04 Å². The number of carboxylic acids is 1. The number of carboxylic acid groups (broad SMARTS) is 1. The van der Waals surface area contributed by atoms with Crippen LogP contribution < -0.4 is 5.32 Å². The fourth-order valence-corrected chi connectivity index (χ4v) is 0.678. The number of carbonyl (C=O) groups is 2. The molecule has 0 aliphatic heterocycles. The summed E-state index contributed by atoms with van der Waals surface area (Å²) >= 11 is 3.73. The summed E-state index contributed by atoms with van der Waals surface area (Å²) in [7, 11) is 0. The van der Waals surface area contributed by atoms with E-state index in [1.165, 1.54) is 6.92 Å². The Morgan fingerprint density at radius 1 is 1.58 bits per heavy atom. The Hall–Kier alpha value is -0.127. The average Bonchev–Trinajstić information content (AvgIpc) is 1.81. The van der Waals surface area contributed by atoms with Gasteiger partial charge in [-0.3, -0.25) is 4.79 Å². The van der Waals surface area contributed by atoms with Gasteiger partial charge in [0.25, 0.3) is 0 Å². The molecule has 0 saturated carbocycles. The summed E-state index contributed by atoms with van der Waals surface area (Å²) in [6, 6.07) is -0.874. The van der Waals surface area contributed by atoms with Gasteiger partial charge in [0.2, 0.25) is 5.91 Å². The number of hydrogen-bond donors (Lipinski definition) is 3. The van der Waals surface area contributed by atoms with Crippen molar-refractivity contribution in [1.82, 2.24) is 5.32 Å². The third-order valence-corrected chi connectivity index (χ3v) is 1.22. The van der Waals surface area contributed by atoms with E-state index < -0.39 is 12.0 Å². The number of rotatable bonds is 3. The van der Waals surface area contributed by atoms with E-state index >= 15 is 0 Å². The van der Waals surface area contributed by atoms with Crippen LogP contribution in [0.1, 0.15) is 6.92 Å². The topological polar surface area (TPSA) is 94.9 Å². The van der Waals surface area contributed by atoms with Gasteiger partial charge in [-0.15, -0.1) is 0 Å². The molecule has 5 nitrogen and oxygen atoms in total. The number of amides is 1. The van der Waals surface area contributed by atoms with E-state index in [2.05, 4.69) is 17.9 Å². The Labute approximate surface area is 88.4 Å². The fraction of sp³-hybridized carbons (Fsp3) is 0.600. The molecule has 1 atom stereocenters. The Bertz CT molecular complexity index is 154. The Kier molecular flexibility index (Phi) is 13.3. The van der Waals surface area contributed by atoms with Crippen LogP contribution in [0.3, 0.4) is 0 Å². The molecule has 0 rings (SSSR count). The van der Waals surface area contributed by atoms with Crippen molar-refractivity contribution in [2.45, 2.75) is 13.0 Å². The first-order valence-corrected chi connectivity index (χ1v) is 3.32. The van der Waals surface area contributed by atoms with E-state index in [0.717, 1.165) is 0 Å². The summed E-state index contributed by atoms with van der Waals surface area (Å²) in [6.07, 6.45) is 0. The van der Waals surface area contributed by atoms with Crippen LogP contribution in [0.25, 0.3) is 0 Å². The van der Waals surface area contributed by atoms with Crippen LogP contribution in [0, 0.1) is 0 Å². The second kappa shape index (κ2) is 8.97. The maximum absolute atomic E-state index is 10.3. The summed E-state index contributed by atoms with van der Waals surface area (Å²) in [5, 5.41) is 10.6. The van der Waals surface area contributed by atoms with Crippen LogP contribution in [-0.4, -0.2) is 28.8 Å². The van der Waals surface area contributed by atoms with Crippen LogP contribution in [0.5, 0.6) is 0 Å². The maximum Gasteiger partial charge on any atom is 2.00 e. The molecule has 12 heavy (non-hydrogen) atoms. The van der Waals surface area contributed by atoms with E-state index in [1.54, 1.807) is 0 Å². The molecule has 0 saturated heterocycles. The van der Waals surface area contributed by atoms with Crippen molar-refractivity contribution in [1.29, 1.82) is 0 Å². The van der Waals surface area contributed by atoms with Gasteiger partial charge in [-0.25, -0.2) is 4.79 Å². The zero-order valence-corrected chi connectivity index (χ0v) is 10.5. The second-order valence-electron chi connectivity index (χ2n) is 1.77. The summed E-state index contributed by atoms with van der Waals surface area (Å²) in [4.78, 5) is 20.5. The zero-order valence-electron chi connectivity index (χ0n) is 6.61. The Morgan fingerprint density at radius 2 is 2.00 bits per heavy atom. The first-order valence-electron chi connectivity index (χ1n) is 2.68. The fourth-order valence-electron chi connectivity index (χ4n) is 0.431. The second-order valence-corrected chi connectivity index (χ2v) is 2.14. The van der Waals surface area contributed by atoms with Crippen molar-refractivity contribution in [2.75, 3.05) is 5.75 Å². The average molecular weight is 245 g/mol. The summed E-state index contributed by atoms with van der Waals surface area (Å²) in [6.45, 7) is 1.26. The van der Waals surface area contributed by atoms with Gasteiger partial charge in [0, 0.05) is 12.7 Å². The molecular weight excluding hydrogens is 236 g/mol. The number of carbonyl (C=O) groups excluding carboxylic acids is 1. The van der Waals surface area contributed by atoms with E-state index in [9.17, 15) is 9.59 Å². The third kappa shape index (κ3) is 7.97. The van der Waals surface area contributed by atoms with E-state index in [0.29, 0.717) is 0 Å². The summed E-state index contributed by atoms with van der Waals surface area (Å²) in [5.74, 6) is -1.32. The van der Waals surface area contributed by atoms with Crippen molar-refractivity contribution in [3.05, 3.63) is 0 Å². The van der Waals surface area contributed by atoms with Gasteiger partial charge in [0.05, 0.1) is 0 Å². The van der Waals surface area contributed by atoms with Crippen LogP contribution in [-0.2, 0) is 34.5 Å². The number of nitrogens with one attached hydrogen (secondary N) is 1. The van der Waals surface area contributed by atoms with Crippen molar-refractivity contribution in [2.24, 2.45) is 0 Å². The normalized spacial score (nSPS) is 10.2. The van der Waals surface area contributed by atoms with Crippen molar-refractivity contribution < 1.29 is 39.6 Å². The predicted molar refractivity (Wildman–Crippen MR) is 39.8 cm³/mol. The van der Waals surface area contributed by atoms with Crippen molar-refractivity contribution in [3.8, 4) is 0 Å². The molecule has 7 heteroatoms. The zero-order chi connectivity index (χ0) is 8.15. The predicted octanol–water partition coefficient (Wildman–Crippen LogP) is -0.616. The molecule has 0 aliphatic rings. The molecule has 0 aliphatic carbocycles. The van der Waals surface area contributed by atoms with Crippen LogP contribution in [0.2, 0.25) is 0 Å². The summed E-state index contributed by atoms with van der Waals surface area (Å²) < 4.78 is 0. The molecule has 2 N–H and O–H groups in total. The van der Waals surface area contributed by atoms with E-state index in [1.807, 2.05) is 0 Å². The molecule has 1 unspecified atom stereocenters. The quantitative estimate of drug-likeness (QED) is 0.456. The minimum absolute atomic E-state index is 0. The Morgan fingerprint density at radius 3 is 2.08 bits per heavy atom. The number of thiol groups is 1. The molecule has 0 heterocycles. The van der Waals surface area contributed by atoms with E-state index in [4.69, 9.17) is 5.11 Å². The largest absolute Gasteiger partial charge is 2.00 e. The van der Waals surface area contributed by atoms with Crippen LogP contribution in [0.4, 0.5) is 0 Å². The molecule has 0 aromatic rings. The van der Waals surface area contributed by atoms with Crippen LogP contribution >= 0.6 is 12.6 Å². The van der Waals surface area contributed by atoms with Gasteiger partial charge in [-0.2, -0.15) is 12.6 Å². The van der Waals surface area contributed by atoms with Crippen LogP contribution in [0.15, 0.2) is 0 Å². The first-order chi connectivity index (χ1) is 4.57. The molecule has 0 fully saturated rings. The molecule has 0 bridgehead atoms. The molecule has 0 aromatic heterocycles. The van der Waals surface area contributed by atoms with Gasteiger partial charge >= 0.3 is 25.4 Å². The van der Waals surface area contributed by atoms with Crippen molar-refractivity contribution >= 4 is 24.5 Å². The summed E-state index contributed by atoms with van der Waals surface area (Å²) in [5.41, 5.74) is 0. The van der Waals surface area contributed by atoms with Gasteiger partial charge in [-0.05, 0) is 0 Å². The number of aliphatic carboxylic acids is 1. The minimum atomic E-state index is -1.06. The Balaban J connectivity index is -0.000000405. The molecular formula is C5H9NO4SZn. The molecule has 66 valence electrons. The third-order valence-electron chi connectivity index (χ3n) is 0.858. The van der Waals surface area contributed by atoms with Gasteiger partial charge in [0.15, 0.2) is 0 Å². The minimum Gasteiger partial charge on any atom is -2.00 e. The van der Waals surface area contributed by atoms with Gasteiger partial charge in [-0.1, -0.05) is 0 Å². The molecule has 1 amide bonds. The number of hydrogen-bond acceptors (Lipinski definition) is 3. The van der Waals surface area contributed by atoms with E-state index in [-0.39, 0.29) is 36.6 Å². The molecule has 0 spiro atoms. The SMILES string of the molecule is CC(=O)NC(CS)C(=O)O.[O-2].[Zn+2]. The smallest absolute Gasteiger partial charge is 2.00 e.